The van der Waals surface area contributed by atoms with Crippen molar-refractivity contribution in [3.05, 3.63) is 41.5 Å². The second-order valence-electron chi connectivity index (χ2n) is 5.45. The minimum atomic E-state index is -0.482. The van der Waals surface area contributed by atoms with E-state index in [4.69, 9.17) is 5.73 Å². The Labute approximate surface area is 132 Å². The van der Waals surface area contributed by atoms with Gasteiger partial charge in [-0.2, -0.15) is 9.97 Å². The fraction of sp³-hybridized carbons (Fsp3) is 0.333. The molecule has 1 aliphatic rings. The summed E-state index contributed by atoms with van der Waals surface area (Å²) in [4.78, 5) is 10.3. The molecule has 1 aromatic carbocycles. The van der Waals surface area contributed by atoms with E-state index < -0.39 is 11.6 Å². The Kier molecular flexibility index (Phi) is 4.24. The molecule has 0 amide bonds. The van der Waals surface area contributed by atoms with Crippen molar-refractivity contribution in [3.63, 3.8) is 0 Å². The highest BCUT2D eigenvalue weighted by molar-refractivity contribution is 5.54. The van der Waals surface area contributed by atoms with Gasteiger partial charge in [-0.15, -0.1) is 0 Å². The van der Waals surface area contributed by atoms with Crippen molar-refractivity contribution in [1.82, 2.24) is 15.3 Å². The van der Waals surface area contributed by atoms with Crippen LogP contribution in [0.1, 0.15) is 5.56 Å². The third-order valence-corrected chi connectivity index (χ3v) is 3.81. The summed E-state index contributed by atoms with van der Waals surface area (Å²) in [5.74, 6) is 0.374. The van der Waals surface area contributed by atoms with E-state index in [1.54, 1.807) is 6.07 Å². The van der Waals surface area contributed by atoms with Crippen LogP contribution in [0.3, 0.4) is 0 Å². The summed E-state index contributed by atoms with van der Waals surface area (Å²) < 4.78 is 26.8. The zero-order valence-electron chi connectivity index (χ0n) is 12.7. The molecule has 0 spiro atoms. The van der Waals surface area contributed by atoms with Gasteiger partial charge in [0.2, 0.25) is 5.95 Å². The number of anilines is 3. The number of hydrogen-bond donors (Lipinski definition) is 3. The van der Waals surface area contributed by atoms with Crippen LogP contribution in [0.5, 0.6) is 0 Å². The summed E-state index contributed by atoms with van der Waals surface area (Å²) in [6.07, 6.45) is 0. The molecule has 4 N–H and O–H groups in total. The van der Waals surface area contributed by atoms with Crippen LogP contribution in [0.4, 0.5) is 26.4 Å². The molecule has 122 valence electrons. The molecule has 0 bridgehead atoms. The number of nitrogens with one attached hydrogen (secondary N) is 2. The van der Waals surface area contributed by atoms with E-state index >= 15 is 0 Å². The second kappa shape index (κ2) is 6.33. The van der Waals surface area contributed by atoms with Crippen LogP contribution in [0.2, 0.25) is 0 Å². The zero-order chi connectivity index (χ0) is 16.4. The van der Waals surface area contributed by atoms with Crippen molar-refractivity contribution in [2.24, 2.45) is 0 Å². The molecule has 0 radical (unpaired) electrons. The molecule has 1 fully saturated rings. The minimum absolute atomic E-state index is 0.110. The summed E-state index contributed by atoms with van der Waals surface area (Å²) in [5.41, 5.74) is 5.95. The standard InChI is InChI=1S/C15H18F2N6/c1-19-11-7-23(8-11)14-5-13(21-15(18)22-14)20-6-9-4-10(16)2-3-12(9)17/h2-5,11,19H,6-8H2,1H3,(H3,18,20,21,22). The smallest absolute Gasteiger partial charge is 0.223 e. The molecule has 6 nitrogen and oxygen atoms in total. The maximum absolute atomic E-state index is 13.6. The number of nitrogens with two attached hydrogens (primary N) is 1. The van der Waals surface area contributed by atoms with Crippen LogP contribution in [-0.4, -0.2) is 36.1 Å². The molecule has 2 heterocycles. The number of rotatable bonds is 5. The third kappa shape index (κ3) is 3.48. The predicted octanol–water partition coefficient (Wildman–Crippen LogP) is 1.36. The van der Waals surface area contributed by atoms with Crippen molar-refractivity contribution < 1.29 is 8.78 Å². The molecule has 3 rings (SSSR count). The van der Waals surface area contributed by atoms with Gasteiger partial charge in [-0.05, 0) is 25.2 Å². The molecule has 1 saturated heterocycles. The number of nitrogen functional groups attached to an aromatic ring is 1. The Morgan fingerprint density at radius 3 is 2.78 bits per heavy atom. The fourth-order valence-corrected chi connectivity index (χ4v) is 2.42. The van der Waals surface area contributed by atoms with E-state index in [0.29, 0.717) is 17.7 Å². The molecule has 23 heavy (non-hydrogen) atoms. The maximum atomic E-state index is 13.6. The molecule has 0 atom stereocenters. The van der Waals surface area contributed by atoms with Crippen LogP contribution >= 0.6 is 0 Å². The van der Waals surface area contributed by atoms with E-state index in [-0.39, 0.29) is 18.1 Å². The normalized spacial score (nSPS) is 14.7. The largest absolute Gasteiger partial charge is 0.368 e. The number of aromatic nitrogens is 2. The molecule has 0 aliphatic carbocycles. The molecule has 1 aromatic heterocycles. The molecule has 1 aliphatic heterocycles. The van der Waals surface area contributed by atoms with Gasteiger partial charge in [0.15, 0.2) is 0 Å². The fourth-order valence-electron chi connectivity index (χ4n) is 2.42. The maximum Gasteiger partial charge on any atom is 0.223 e. The van der Waals surface area contributed by atoms with Gasteiger partial charge in [-0.25, -0.2) is 8.78 Å². The van der Waals surface area contributed by atoms with Crippen molar-refractivity contribution in [3.8, 4) is 0 Å². The van der Waals surface area contributed by atoms with Gasteiger partial charge in [0.1, 0.15) is 23.3 Å². The average molecular weight is 320 g/mol. The first-order valence-corrected chi connectivity index (χ1v) is 7.29. The summed E-state index contributed by atoms with van der Waals surface area (Å²) in [7, 11) is 1.91. The lowest BCUT2D eigenvalue weighted by molar-refractivity contribution is 0.447. The highest BCUT2D eigenvalue weighted by Gasteiger charge is 2.26. The number of likely N-dealkylation sites (N-methyl/N-ethyl adjacent to an activating group) is 1. The van der Waals surface area contributed by atoms with Gasteiger partial charge >= 0.3 is 0 Å². The molecule has 2 aromatic rings. The first-order valence-electron chi connectivity index (χ1n) is 7.29. The Bertz CT molecular complexity index is 702. The monoisotopic (exact) mass is 320 g/mol. The first kappa shape index (κ1) is 15.4. The number of nitrogens with zero attached hydrogens (tertiary/aromatic N) is 3. The average Bonchev–Trinajstić information content (AvgIpc) is 2.47. The van der Waals surface area contributed by atoms with E-state index in [1.165, 1.54) is 0 Å². The molecule has 0 saturated carbocycles. The lowest BCUT2D eigenvalue weighted by atomic mass is 10.1. The van der Waals surface area contributed by atoms with Gasteiger partial charge in [-0.3, -0.25) is 0 Å². The summed E-state index contributed by atoms with van der Waals surface area (Å²) in [5, 5.41) is 6.14. The number of benzene rings is 1. The summed E-state index contributed by atoms with van der Waals surface area (Å²) in [6.45, 7) is 1.79. The van der Waals surface area contributed by atoms with Crippen molar-refractivity contribution in [1.29, 1.82) is 0 Å². The van der Waals surface area contributed by atoms with Gasteiger partial charge < -0.3 is 21.3 Å². The first-order chi connectivity index (χ1) is 11.0. The quantitative estimate of drug-likeness (QED) is 0.772. The predicted molar refractivity (Wildman–Crippen MR) is 85.2 cm³/mol. The van der Waals surface area contributed by atoms with E-state index in [1.807, 2.05) is 7.05 Å². The summed E-state index contributed by atoms with van der Waals surface area (Å²) in [6, 6.07) is 5.52. The Hall–Kier alpha value is -2.48. The van der Waals surface area contributed by atoms with Crippen LogP contribution in [0.15, 0.2) is 24.3 Å². The molecule has 8 heteroatoms. The van der Waals surface area contributed by atoms with Crippen molar-refractivity contribution >= 4 is 17.6 Å². The van der Waals surface area contributed by atoms with Crippen molar-refractivity contribution in [2.45, 2.75) is 12.6 Å². The van der Waals surface area contributed by atoms with Crippen molar-refractivity contribution in [2.75, 3.05) is 36.1 Å². The van der Waals surface area contributed by atoms with Crippen LogP contribution in [0.25, 0.3) is 0 Å². The lowest BCUT2D eigenvalue weighted by Gasteiger charge is -2.40. The molecular formula is C15H18F2N6. The van der Waals surface area contributed by atoms with Gasteiger partial charge in [-0.1, -0.05) is 0 Å². The Morgan fingerprint density at radius 1 is 1.26 bits per heavy atom. The van der Waals surface area contributed by atoms with Gasteiger partial charge in [0, 0.05) is 37.3 Å². The minimum Gasteiger partial charge on any atom is -0.368 e. The summed E-state index contributed by atoms with van der Waals surface area (Å²) >= 11 is 0. The van der Waals surface area contributed by atoms with Crippen LogP contribution in [0, 0.1) is 11.6 Å². The van der Waals surface area contributed by atoms with Crippen LogP contribution < -0.4 is 21.3 Å². The number of halogens is 2. The topological polar surface area (TPSA) is 79.1 Å². The van der Waals surface area contributed by atoms with E-state index in [0.717, 1.165) is 31.3 Å². The molecular weight excluding hydrogens is 302 g/mol. The zero-order valence-corrected chi connectivity index (χ0v) is 12.7. The third-order valence-electron chi connectivity index (χ3n) is 3.81. The van der Waals surface area contributed by atoms with Gasteiger partial charge in [0.25, 0.3) is 0 Å². The molecule has 0 unspecified atom stereocenters. The highest BCUT2D eigenvalue weighted by atomic mass is 19.1. The van der Waals surface area contributed by atoms with E-state index in [2.05, 4.69) is 25.5 Å². The number of hydrogen-bond acceptors (Lipinski definition) is 6. The Balaban J connectivity index is 1.70. The Morgan fingerprint density at radius 2 is 2.04 bits per heavy atom. The SMILES string of the molecule is CNC1CN(c2cc(NCc3cc(F)ccc3F)nc(N)n2)C1. The van der Waals surface area contributed by atoms with Crippen LogP contribution in [-0.2, 0) is 6.54 Å². The lowest BCUT2D eigenvalue weighted by Crippen LogP contribution is -2.57. The highest BCUT2D eigenvalue weighted by Crippen LogP contribution is 2.22. The van der Waals surface area contributed by atoms with Gasteiger partial charge in [0.05, 0.1) is 0 Å². The second-order valence-corrected chi connectivity index (χ2v) is 5.45. The van der Waals surface area contributed by atoms with E-state index in [9.17, 15) is 8.78 Å².